The summed E-state index contributed by atoms with van der Waals surface area (Å²) in [5.41, 5.74) is 6.55. The first-order chi connectivity index (χ1) is 6.09. The minimum Gasteiger partial charge on any atom is -0.399 e. The highest BCUT2D eigenvalue weighted by atomic mass is 32.2. The van der Waals surface area contributed by atoms with Gasteiger partial charge in [-0.2, -0.15) is 0 Å². The highest BCUT2D eigenvalue weighted by Gasteiger charge is 2.08. The average molecular weight is 195 g/mol. The molecule has 1 nitrogen and oxygen atoms in total. The van der Waals surface area contributed by atoms with Gasteiger partial charge < -0.3 is 5.73 Å². The molecule has 1 atom stereocenters. The number of nitrogen functional groups attached to an aromatic ring is 1. The third-order valence-corrected chi connectivity index (χ3v) is 3.56. The van der Waals surface area contributed by atoms with Crippen LogP contribution in [-0.4, -0.2) is 5.25 Å². The van der Waals surface area contributed by atoms with Gasteiger partial charge in [-0.25, -0.2) is 0 Å². The lowest BCUT2D eigenvalue weighted by atomic mass is 10.2. The van der Waals surface area contributed by atoms with E-state index in [1.54, 1.807) is 0 Å². The first-order valence-electron chi connectivity index (χ1n) is 4.62. The van der Waals surface area contributed by atoms with Crippen LogP contribution in [0.3, 0.4) is 0 Å². The van der Waals surface area contributed by atoms with Crippen LogP contribution in [0.4, 0.5) is 5.69 Å². The second-order valence-electron chi connectivity index (χ2n) is 3.64. The van der Waals surface area contributed by atoms with Crippen molar-refractivity contribution in [1.29, 1.82) is 0 Å². The average Bonchev–Trinajstić information content (AvgIpc) is 2.04. The number of benzene rings is 1. The molecule has 0 saturated carbocycles. The van der Waals surface area contributed by atoms with Gasteiger partial charge in [0.15, 0.2) is 0 Å². The normalized spacial score (nSPS) is 13.2. The maximum atomic E-state index is 5.70. The standard InChI is InChI=1S/C11H17NS/c1-8(2)9(3)13-11-6-4-5-10(12)7-11/h4-9H,12H2,1-3H3. The Kier molecular flexibility index (Phi) is 3.67. The fourth-order valence-electron chi connectivity index (χ4n) is 0.939. The second-order valence-corrected chi connectivity index (χ2v) is 5.09. The molecule has 1 aromatic rings. The van der Waals surface area contributed by atoms with Gasteiger partial charge in [0.2, 0.25) is 0 Å². The molecule has 0 bridgehead atoms. The van der Waals surface area contributed by atoms with Crippen molar-refractivity contribution in [1.82, 2.24) is 0 Å². The Morgan fingerprint density at radius 3 is 2.46 bits per heavy atom. The van der Waals surface area contributed by atoms with Gasteiger partial charge in [-0.3, -0.25) is 0 Å². The summed E-state index contributed by atoms with van der Waals surface area (Å²) in [6.45, 7) is 6.73. The first kappa shape index (κ1) is 10.5. The molecule has 0 radical (unpaired) electrons. The molecule has 0 aliphatic carbocycles. The summed E-state index contributed by atoms with van der Waals surface area (Å²) in [6.07, 6.45) is 0. The van der Waals surface area contributed by atoms with Crippen molar-refractivity contribution in [3.63, 3.8) is 0 Å². The van der Waals surface area contributed by atoms with Gasteiger partial charge in [0.1, 0.15) is 0 Å². The molecular formula is C11H17NS. The zero-order valence-electron chi connectivity index (χ0n) is 8.45. The van der Waals surface area contributed by atoms with Crippen LogP contribution in [0.1, 0.15) is 20.8 Å². The van der Waals surface area contributed by atoms with Crippen LogP contribution >= 0.6 is 11.8 Å². The predicted octanol–water partition coefficient (Wildman–Crippen LogP) is 3.41. The van der Waals surface area contributed by atoms with Crippen molar-refractivity contribution in [2.75, 3.05) is 5.73 Å². The largest absolute Gasteiger partial charge is 0.399 e. The highest BCUT2D eigenvalue weighted by Crippen LogP contribution is 2.28. The van der Waals surface area contributed by atoms with E-state index in [0.717, 1.165) is 5.69 Å². The molecule has 0 aromatic heterocycles. The van der Waals surface area contributed by atoms with Gasteiger partial charge >= 0.3 is 0 Å². The molecule has 1 unspecified atom stereocenters. The molecule has 13 heavy (non-hydrogen) atoms. The van der Waals surface area contributed by atoms with Gasteiger partial charge in [0.25, 0.3) is 0 Å². The Bertz CT molecular complexity index is 271. The number of thioether (sulfide) groups is 1. The maximum absolute atomic E-state index is 5.70. The van der Waals surface area contributed by atoms with Crippen molar-refractivity contribution in [2.45, 2.75) is 30.9 Å². The van der Waals surface area contributed by atoms with Crippen molar-refractivity contribution >= 4 is 17.4 Å². The summed E-state index contributed by atoms with van der Waals surface area (Å²) >= 11 is 1.89. The molecule has 0 fully saturated rings. The van der Waals surface area contributed by atoms with Gasteiger partial charge in [0.05, 0.1) is 0 Å². The smallest absolute Gasteiger partial charge is 0.0325 e. The Balaban J connectivity index is 2.64. The van der Waals surface area contributed by atoms with Crippen molar-refractivity contribution in [3.8, 4) is 0 Å². The van der Waals surface area contributed by atoms with Gasteiger partial charge in [-0.05, 0) is 24.1 Å². The summed E-state index contributed by atoms with van der Waals surface area (Å²) < 4.78 is 0. The minimum absolute atomic E-state index is 0.641. The molecule has 2 N–H and O–H groups in total. The molecule has 1 aromatic carbocycles. The lowest BCUT2D eigenvalue weighted by Crippen LogP contribution is -2.05. The Hall–Kier alpha value is -0.630. The fraction of sp³-hybridized carbons (Fsp3) is 0.455. The van der Waals surface area contributed by atoms with Crippen LogP contribution in [0.2, 0.25) is 0 Å². The zero-order chi connectivity index (χ0) is 9.84. The van der Waals surface area contributed by atoms with E-state index in [4.69, 9.17) is 5.73 Å². The van der Waals surface area contributed by atoms with E-state index in [1.807, 2.05) is 30.0 Å². The Labute approximate surface area is 84.7 Å². The summed E-state index contributed by atoms with van der Waals surface area (Å²) in [6, 6.07) is 8.07. The molecule has 0 heterocycles. The zero-order valence-corrected chi connectivity index (χ0v) is 9.27. The molecule has 0 amide bonds. The van der Waals surface area contributed by atoms with E-state index in [0.29, 0.717) is 11.2 Å². The molecule has 0 spiro atoms. The number of nitrogens with two attached hydrogens (primary N) is 1. The predicted molar refractivity (Wildman–Crippen MR) is 61.0 cm³/mol. The maximum Gasteiger partial charge on any atom is 0.0325 e. The molecule has 1 rings (SSSR count). The van der Waals surface area contributed by atoms with Gasteiger partial charge in [-0.1, -0.05) is 26.8 Å². The molecular weight excluding hydrogens is 178 g/mol. The van der Waals surface area contributed by atoms with Crippen LogP contribution in [0.25, 0.3) is 0 Å². The Morgan fingerprint density at radius 2 is 1.92 bits per heavy atom. The number of rotatable bonds is 3. The molecule has 72 valence electrons. The first-order valence-corrected chi connectivity index (χ1v) is 5.49. The number of anilines is 1. The molecule has 2 heteroatoms. The van der Waals surface area contributed by atoms with Gasteiger partial charge in [0, 0.05) is 15.8 Å². The summed E-state index contributed by atoms with van der Waals surface area (Å²) in [5, 5.41) is 0.641. The van der Waals surface area contributed by atoms with Crippen LogP contribution < -0.4 is 5.73 Å². The number of hydrogen-bond acceptors (Lipinski definition) is 2. The SMILES string of the molecule is CC(C)C(C)Sc1cccc(N)c1. The topological polar surface area (TPSA) is 26.0 Å². The van der Waals surface area contributed by atoms with E-state index in [2.05, 4.69) is 26.8 Å². The summed E-state index contributed by atoms with van der Waals surface area (Å²) in [7, 11) is 0. The Morgan fingerprint density at radius 1 is 1.23 bits per heavy atom. The lowest BCUT2D eigenvalue weighted by Gasteiger charge is -2.14. The second kappa shape index (κ2) is 4.56. The van der Waals surface area contributed by atoms with E-state index in [-0.39, 0.29) is 0 Å². The third kappa shape index (κ3) is 3.31. The van der Waals surface area contributed by atoms with E-state index in [1.165, 1.54) is 4.90 Å². The van der Waals surface area contributed by atoms with E-state index >= 15 is 0 Å². The van der Waals surface area contributed by atoms with Gasteiger partial charge in [-0.15, -0.1) is 11.8 Å². The van der Waals surface area contributed by atoms with Crippen molar-refractivity contribution < 1.29 is 0 Å². The summed E-state index contributed by atoms with van der Waals surface area (Å²) in [4.78, 5) is 1.27. The van der Waals surface area contributed by atoms with Crippen molar-refractivity contribution in [3.05, 3.63) is 24.3 Å². The fourth-order valence-corrected chi connectivity index (χ4v) is 2.00. The molecule has 0 aliphatic heterocycles. The van der Waals surface area contributed by atoms with Crippen LogP contribution in [-0.2, 0) is 0 Å². The van der Waals surface area contributed by atoms with E-state index in [9.17, 15) is 0 Å². The quantitative estimate of drug-likeness (QED) is 0.591. The third-order valence-electron chi connectivity index (χ3n) is 2.12. The lowest BCUT2D eigenvalue weighted by molar-refractivity contribution is 0.642. The highest BCUT2D eigenvalue weighted by molar-refractivity contribution is 8.00. The van der Waals surface area contributed by atoms with Crippen molar-refractivity contribution in [2.24, 2.45) is 5.92 Å². The molecule has 0 aliphatic rings. The number of hydrogen-bond donors (Lipinski definition) is 1. The summed E-state index contributed by atoms with van der Waals surface area (Å²) in [5.74, 6) is 0.700. The minimum atomic E-state index is 0.641. The van der Waals surface area contributed by atoms with E-state index < -0.39 is 0 Å². The van der Waals surface area contributed by atoms with Crippen LogP contribution in [0.5, 0.6) is 0 Å². The monoisotopic (exact) mass is 195 g/mol. The van der Waals surface area contributed by atoms with Crippen LogP contribution in [0, 0.1) is 5.92 Å². The molecule has 0 saturated heterocycles. The van der Waals surface area contributed by atoms with Crippen LogP contribution in [0.15, 0.2) is 29.2 Å².